The van der Waals surface area contributed by atoms with Gasteiger partial charge in [0.2, 0.25) is 0 Å². The van der Waals surface area contributed by atoms with Gasteiger partial charge in [-0.05, 0) is 31.0 Å². The summed E-state index contributed by atoms with van der Waals surface area (Å²) in [5.41, 5.74) is 3.02. The predicted octanol–water partition coefficient (Wildman–Crippen LogP) is 3.38. The summed E-state index contributed by atoms with van der Waals surface area (Å²) in [4.78, 5) is 12.0. The van der Waals surface area contributed by atoms with E-state index in [1.165, 1.54) is 11.1 Å². The molecule has 2 aromatic carbocycles. The van der Waals surface area contributed by atoms with Crippen LogP contribution in [0.15, 0.2) is 42.5 Å². The number of nitrogens with one attached hydrogen (secondary N) is 2. The molecule has 2 N–H and O–H groups in total. The van der Waals surface area contributed by atoms with Crippen molar-refractivity contribution in [3.63, 3.8) is 0 Å². The maximum absolute atomic E-state index is 12.0. The molecule has 0 bridgehead atoms. The Hall–Kier alpha value is -2.69. The average Bonchev–Trinajstić information content (AvgIpc) is 2.57. The van der Waals surface area contributed by atoms with E-state index in [1.54, 1.807) is 32.4 Å². The summed E-state index contributed by atoms with van der Waals surface area (Å²) in [5, 5.41) is 5.61. The number of aryl methyl sites for hydroxylation is 1. The van der Waals surface area contributed by atoms with E-state index < -0.39 is 0 Å². The number of carbonyl (C=O) groups is 1. The molecule has 0 atom stereocenters. The third-order valence-electron chi connectivity index (χ3n) is 3.48. The average molecular weight is 314 g/mol. The molecule has 0 aliphatic rings. The smallest absolute Gasteiger partial charge is 0.319 e. The van der Waals surface area contributed by atoms with E-state index in [1.807, 2.05) is 0 Å². The van der Waals surface area contributed by atoms with Crippen molar-refractivity contribution >= 4 is 11.7 Å². The van der Waals surface area contributed by atoms with Gasteiger partial charge in [-0.15, -0.1) is 0 Å². The van der Waals surface area contributed by atoms with Crippen LogP contribution >= 0.6 is 0 Å². The zero-order valence-corrected chi connectivity index (χ0v) is 13.7. The minimum atomic E-state index is -0.263. The third-order valence-corrected chi connectivity index (χ3v) is 3.48. The summed E-state index contributed by atoms with van der Waals surface area (Å²) in [6.45, 7) is 2.62. The third kappa shape index (κ3) is 4.92. The standard InChI is InChI=1S/C18H22N2O3/c1-13-4-6-14(7-5-13)10-11-19-18(21)20-16-9-8-15(22-2)12-17(16)23-3/h4-9,12H,10-11H2,1-3H3,(H2,19,20,21). The highest BCUT2D eigenvalue weighted by atomic mass is 16.5. The molecule has 0 fully saturated rings. The van der Waals surface area contributed by atoms with Gasteiger partial charge < -0.3 is 20.1 Å². The Labute approximate surface area is 136 Å². The first-order valence-corrected chi connectivity index (χ1v) is 7.45. The maximum atomic E-state index is 12.0. The van der Waals surface area contributed by atoms with E-state index in [0.29, 0.717) is 23.7 Å². The summed E-state index contributed by atoms with van der Waals surface area (Å²) >= 11 is 0. The minimum Gasteiger partial charge on any atom is -0.497 e. The van der Waals surface area contributed by atoms with E-state index in [2.05, 4.69) is 41.8 Å². The Bertz CT molecular complexity index is 654. The molecule has 5 heteroatoms. The van der Waals surface area contributed by atoms with Crippen LogP contribution in [0.4, 0.5) is 10.5 Å². The normalized spacial score (nSPS) is 10.0. The van der Waals surface area contributed by atoms with Crippen molar-refractivity contribution in [2.45, 2.75) is 13.3 Å². The van der Waals surface area contributed by atoms with Crippen molar-refractivity contribution < 1.29 is 14.3 Å². The van der Waals surface area contributed by atoms with Crippen molar-refractivity contribution in [1.29, 1.82) is 0 Å². The number of benzene rings is 2. The van der Waals surface area contributed by atoms with E-state index in [4.69, 9.17) is 9.47 Å². The van der Waals surface area contributed by atoms with E-state index >= 15 is 0 Å². The van der Waals surface area contributed by atoms with Gasteiger partial charge in [0.15, 0.2) is 0 Å². The fourth-order valence-corrected chi connectivity index (χ4v) is 2.14. The molecule has 0 aromatic heterocycles. The number of hydrogen-bond donors (Lipinski definition) is 2. The van der Waals surface area contributed by atoms with Gasteiger partial charge in [0.25, 0.3) is 0 Å². The van der Waals surface area contributed by atoms with Gasteiger partial charge in [-0.25, -0.2) is 4.79 Å². The van der Waals surface area contributed by atoms with Crippen LogP contribution in [0.3, 0.4) is 0 Å². The Morgan fingerprint density at radius 2 is 1.78 bits per heavy atom. The second kappa shape index (κ2) is 8.08. The molecule has 0 saturated carbocycles. The summed E-state index contributed by atoms with van der Waals surface area (Å²) in [6, 6.07) is 13.3. The van der Waals surface area contributed by atoms with Crippen molar-refractivity contribution in [1.82, 2.24) is 5.32 Å². The molecule has 0 aliphatic carbocycles. The first-order valence-electron chi connectivity index (χ1n) is 7.45. The Morgan fingerprint density at radius 3 is 2.43 bits per heavy atom. The van der Waals surface area contributed by atoms with Crippen LogP contribution in [0.1, 0.15) is 11.1 Å². The molecule has 0 heterocycles. The first-order chi connectivity index (χ1) is 11.1. The molecule has 122 valence electrons. The van der Waals surface area contributed by atoms with Crippen LogP contribution < -0.4 is 20.1 Å². The van der Waals surface area contributed by atoms with Gasteiger partial charge in [0.05, 0.1) is 19.9 Å². The zero-order chi connectivity index (χ0) is 16.7. The largest absolute Gasteiger partial charge is 0.497 e. The number of hydrogen-bond acceptors (Lipinski definition) is 3. The zero-order valence-electron chi connectivity index (χ0n) is 13.7. The summed E-state index contributed by atoms with van der Waals surface area (Å²) < 4.78 is 10.4. The highest BCUT2D eigenvalue weighted by Gasteiger charge is 2.08. The van der Waals surface area contributed by atoms with Gasteiger partial charge in [-0.2, -0.15) is 0 Å². The van der Waals surface area contributed by atoms with Gasteiger partial charge in [0, 0.05) is 12.6 Å². The molecule has 5 nitrogen and oxygen atoms in total. The number of amides is 2. The molecule has 2 amide bonds. The van der Waals surface area contributed by atoms with E-state index in [9.17, 15) is 4.79 Å². The second-order valence-electron chi connectivity index (χ2n) is 5.18. The topological polar surface area (TPSA) is 59.6 Å². The molecule has 0 aliphatic heterocycles. The molecule has 0 unspecified atom stereocenters. The lowest BCUT2D eigenvalue weighted by molar-refractivity contribution is 0.252. The maximum Gasteiger partial charge on any atom is 0.319 e. The van der Waals surface area contributed by atoms with E-state index in [0.717, 1.165) is 6.42 Å². The number of carbonyl (C=O) groups excluding carboxylic acids is 1. The molecular formula is C18H22N2O3. The second-order valence-corrected chi connectivity index (χ2v) is 5.18. The lowest BCUT2D eigenvalue weighted by atomic mass is 10.1. The number of rotatable bonds is 6. The first kappa shape index (κ1) is 16.7. The van der Waals surface area contributed by atoms with Gasteiger partial charge in [0.1, 0.15) is 11.5 Å². The van der Waals surface area contributed by atoms with Crippen molar-refractivity contribution in [3.8, 4) is 11.5 Å². The lowest BCUT2D eigenvalue weighted by Crippen LogP contribution is -2.30. The van der Waals surface area contributed by atoms with E-state index in [-0.39, 0.29) is 6.03 Å². The van der Waals surface area contributed by atoms with Gasteiger partial charge in [-0.1, -0.05) is 29.8 Å². The number of anilines is 1. The van der Waals surface area contributed by atoms with Crippen molar-refractivity contribution in [2.24, 2.45) is 0 Å². The lowest BCUT2D eigenvalue weighted by Gasteiger charge is -2.12. The monoisotopic (exact) mass is 314 g/mol. The number of urea groups is 1. The quantitative estimate of drug-likeness (QED) is 0.859. The summed E-state index contributed by atoms with van der Waals surface area (Å²) in [7, 11) is 3.13. The van der Waals surface area contributed by atoms with Crippen LogP contribution in [0, 0.1) is 6.92 Å². The highest BCUT2D eigenvalue weighted by Crippen LogP contribution is 2.28. The number of methoxy groups -OCH3 is 2. The molecule has 0 spiro atoms. The van der Waals surface area contributed by atoms with Gasteiger partial charge >= 0.3 is 6.03 Å². The number of ether oxygens (including phenoxy) is 2. The molecular weight excluding hydrogens is 292 g/mol. The molecule has 0 saturated heterocycles. The fourth-order valence-electron chi connectivity index (χ4n) is 2.14. The Balaban J connectivity index is 1.86. The van der Waals surface area contributed by atoms with Crippen molar-refractivity contribution in [3.05, 3.63) is 53.6 Å². The Kier molecular flexibility index (Phi) is 5.86. The Morgan fingerprint density at radius 1 is 1.04 bits per heavy atom. The van der Waals surface area contributed by atoms with Crippen LogP contribution in [0.2, 0.25) is 0 Å². The SMILES string of the molecule is COc1ccc(NC(=O)NCCc2ccc(C)cc2)c(OC)c1. The summed E-state index contributed by atoms with van der Waals surface area (Å²) in [5.74, 6) is 1.23. The van der Waals surface area contributed by atoms with Crippen molar-refractivity contribution in [2.75, 3.05) is 26.1 Å². The van der Waals surface area contributed by atoms with Gasteiger partial charge in [-0.3, -0.25) is 0 Å². The fraction of sp³-hybridized carbons (Fsp3) is 0.278. The summed E-state index contributed by atoms with van der Waals surface area (Å²) in [6.07, 6.45) is 0.785. The highest BCUT2D eigenvalue weighted by molar-refractivity contribution is 5.91. The van der Waals surface area contributed by atoms with Crippen LogP contribution in [-0.2, 0) is 6.42 Å². The van der Waals surface area contributed by atoms with Crippen LogP contribution in [0.5, 0.6) is 11.5 Å². The molecule has 2 aromatic rings. The van der Waals surface area contributed by atoms with Crippen LogP contribution in [0.25, 0.3) is 0 Å². The molecule has 2 rings (SSSR count). The molecule has 23 heavy (non-hydrogen) atoms. The van der Waals surface area contributed by atoms with Crippen LogP contribution in [-0.4, -0.2) is 26.8 Å². The minimum absolute atomic E-state index is 0.263. The predicted molar refractivity (Wildman–Crippen MR) is 91.5 cm³/mol. The molecule has 0 radical (unpaired) electrons.